The summed E-state index contributed by atoms with van der Waals surface area (Å²) in [5.74, 6) is 0.142. The topological polar surface area (TPSA) is 64.9 Å². The van der Waals surface area contributed by atoms with Crippen LogP contribution in [0.4, 0.5) is 0 Å². The quantitative estimate of drug-likeness (QED) is 0.626. The Morgan fingerprint density at radius 3 is 2.79 bits per heavy atom. The molecule has 4 heteroatoms. The molecule has 0 unspecified atom stereocenters. The monoisotopic (exact) mass is 192 g/mol. The van der Waals surface area contributed by atoms with E-state index in [0.717, 1.165) is 25.1 Å². The fraction of sp³-hybridized carbons (Fsp3) is 0.300. The largest absolute Gasteiger partial charge is 0.508 e. The number of benzene rings is 1. The van der Waals surface area contributed by atoms with Gasteiger partial charge in [0, 0.05) is 18.2 Å². The molecule has 0 bridgehead atoms. The number of phenols is 2. The molecule has 0 radical (unpaired) electrons. The van der Waals surface area contributed by atoms with E-state index >= 15 is 0 Å². The summed E-state index contributed by atoms with van der Waals surface area (Å²) in [5.41, 5.74) is 4.42. The Morgan fingerprint density at radius 2 is 2.14 bits per heavy atom. The zero-order valence-electron chi connectivity index (χ0n) is 7.70. The average molecular weight is 192 g/mol. The summed E-state index contributed by atoms with van der Waals surface area (Å²) in [7, 11) is 0. The summed E-state index contributed by atoms with van der Waals surface area (Å²) in [6, 6.07) is 4.55. The van der Waals surface area contributed by atoms with Crippen molar-refractivity contribution in [3.05, 3.63) is 23.8 Å². The number of nitrogens with zero attached hydrogens (tertiary/aromatic N) is 1. The highest BCUT2D eigenvalue weighted by atomic mass is 16.3. The molecule has 1 aliphatic rings. The zero-order chi connectivity index (χ0) is 9.97. The Balaban J connectivity index is 2.35. The van der Waals surface area contributed by atoms with Crippen LogP contribution in [0.5, 0.6) is 11.5 Å². The summed E-state index contributed by atoms with van der Waals surface area (Å²) in [4.78, 5) is 0. The van der Waals surface area contributed by atoms with Gasteiger partial charge in [0.25, 0.3) is 0 Å². The van der Waals surface area contributed by atoms with Crippen LogP contribution < -0.4 is 5.43 Å². The van der Waals surface area contributed by atoms with Crippen molar-refractivity contribution >= 4 is 5.71 Å². The maximum absolute atomic E-state index is 9.57. The van der Waals surface area contributed by atoms with E-state index in [9.17, 15) is 5.11 Å². The number of phenolic OH excluding ortho intramolecular Hbond substituents is 2. The number of rotatable bonds is 1. The van der Waals surface area contributed by atoms with Gasteiger partial charge in [-0.1, -0.05) is 0 Å². The van der Waals surface area contributed by atoms with Gasteiger partial charge in [-0.15, -0.1) is 0 Å². The van der Waals surface area contributed by atoms with Crippen molar-refractivity contribution in [3.63, 3.8) is 0 Å². The van der Waals surface area contributed by atoms with Gasteiger partial charge < -0.3 is 15.6 Å². The van der Waals surface area contributed by atoms with E-state index < -0.39 is 0 Å². The third kappa shape index (κ3) is 1.64. The molecule has 0 spiro atoms. The molecule has 0 saturated heterocycles. The fourth-order valence-corrected chi connectivity index (χ4v) is 1.50. The maximum Gasteiger partial charge on any atom is 0.128 e. The Bertz CT molecular complexity index is 374. The van der Waals surface area contributed by atoms with Crippen molar-refractivity contribution in [3.8, 4) is 11.5 Å². The second-order valence-electron chi connectivity index (χ2n) is 3.27. The fourth-order valence-electron chi connectivity index (χ4n) is 1.50. The van der Waals surface area contributed by atoms with Crippen LogP contribution in [-0.4, -0.2) is 22.5 Å². The standard InChI is InChI=1S/C10H12N2O2/c13-7-3-4-8(10(14)6-7)9-2-1-5-11-12-9/h3-4,6,11,13-14H,1-2,5H2. The lowest BCUT2D eigenvalue weighted by atomic mass is 10.0. The molecule has 1 heterocycles. The molecule has 14 heavy (non-hydrogen) atoms. The lowest BCUT2D eigenvalue weighted by molar-refractivity contribution is 0.449. The predicted molar refractivity (Wildman–Crippen MR) is 53.5 cm³/mol. The second kappa shape index (κ2) is 3.57. The predicted octanol–water partition coefficient (Wildman–Crippen LogP) is 1.19. The van der Waals surface area contributed by atoms with E-state index in [1.165, 1.54) is 6.07 Å². The normalized spacial score (nSPS) is 15.9. The molecule has 0 saturated carbocycles. The van der Waals surface area contributed by atoms with Gasteiger partial charge in [0.2, 0.25) is 0 Å². The van der Waals surface area contributed by atoms with E-state index in [0.29, 0.717) is 5.56 Å². The Hall–Kier alpha value is -1.71. The van der Waals surface area contributed by atoms with Gasteiger partial charge in [-0.25, -0.2) is 0 Å². The molecule has 74 valence electrons. The third-order valence-corrected chi connectivity index (χ3v) is 2.21. The molecule has 0 atom stereocenters. The van der Waals surface area contributed by atoms with E-state index in [4.69, 9.17) is 5.11 Å². The number of hydrogen-bond donors (Lipinski definition) is 3. The number of hydrogen-bond acceptors (Lipinski definition) is 4. The van der Waals surface area contributed by atoms with Crippen molar-refractivity contribution in [2.24, 2.45) is 5.10 Å². The van der Waals surface area contributed by atoms with Crippen molar-refractivity contribution in [2.75, 3.05) is 6.54 Å². The van der Waals surface area contributed by atoms with Crippen molar-refractivity contribution < 1.29 is 10.2 Å². The first-order chi connectivity index (χ1) is 6.77. The molecule has 0 fully saturated rings. The van der Waals surface area contributed by atoms with Crippen LogP contribution in [0, 0.1) is 0 Å². The average Bonchev–Trinajstić information content (AvgIpc) is 2.19. The first-order valence-corrected chi connectivity index (χ1v) is 4.59. The molecule has 3 N–H and O–H groups in total. The van der Waals surface area contributed by atoms with E-state index in [1.54, 1.807) is 12.1 Å². The van der Waals surface area contributed by atoms with Gasteiger partial charge >= 0.3 is 0 Å². The Labute approximate surface area is 81.9 Å². The van der Waals surface area contributed by atoms with Gasteiger partial charge in [-0.05, 0) is 25.0 Å². The van der Waals surface area contributed by atoms with Crippen LogP contribution in [0.2, 0.25) is 0 Å². The minimum Gasteiger partial charge on any atom is -0.508 e. The molecule has 0 aliphatic carbocycles. The smallest absolute Gasteiger partial charge is 0.128 e. The minimum absolute atomic E-state index is 0.0654. The van der Waals surface area contributed by atoms with Gasteiger partial charge in [-0.3, -0.25) is 0 Å². The molecule has 1 aromatic carbocycles. The van der Waals surface area contributed by atoms with Gasteiger partial charge in [-0.2, -0.15) is 5.10 Å². The summed E-state index contributed by atoms with van der Waals surface area (Å²) < 4.78 is 0. The first-order valence-electron chi connectivity index (χ1n) is 4.59. The van der Waals surface area contributed by atoms with Crippen LogP contribution in [0.3, 0.4) is 0 Å². The van der Waals surface area contributed by atoms with E-state index in [1.807, 2.05) is 0 Å². The van der Waals surface area contributed by atoms with Crippen LogP contribution in [-0.2, 0) is 0 Å². The third-order valence-electron chi connectivity index (χ3n) is 2.21. The van der Waals surface area contributed by atoms with Crippen molar-refractivity contribution in [1.82, 2.24) is 5.43 Å². The Morgan fingerprint density at radius 1 is 1.29 bits per heavy atom. The van der Waals surface area contributed by atoms with Crippen molar-refractivity contribution in [2.45, 2.75) is 12.8 Å². The SMILES string of the molecule is Oc1ccc(C2=NNCCC2)c(O)c1. The number of nitrogens with one attached hydrogen (secondary N) is 1. The van der Waals surface area contributed by atoms with Crippen LogP contribution in [0.1, 0.15) is 18.4 Å². The molecule has 2 rings (SSSR count). The zero-order valence-corrected chi connectivity index (χ0v) is 7.70. The number of aromatic hydroxyl groups is 2. The lowest BCUT2D eigenvalue weighted by Crippen LogP contribution is -2.19. The second-order valence-corrected chi connectivity index (χ2v) is 3.27. The number of hydrazone groups is 1. The molecule has 0 amide bonds. The minimum atomic E-state index is 0.0654. The molecular formula is C10H12N2O2. The lowest BCUT2D eigenvalue weighted by Gasteiger charge is -2.13. The van der Waals surface area contributed by atoms with Gasteiger partial charge in [0.15, 0.2) is 0 Å². The molecule has 1 aliphatic heterocycles. The van der Waals surface area contributed by atoms with Gasteiger partial charge in [0.1, 0.15) is 11.5 Å². The van der Waals surface area contributed by atoms with Crippen LogP contribution in [0.25, 0.3) is 0 Å². The summed E-state index contributed by atoms with van der Waals surface area (Å²) in [5, 5.41) is 22.8. The molecule has 0 aromatic heterocycles. The Kier molecular flexibility index (Phi) is 2.26. The molecule has 4 nitrogen and oxygen atoms in total. The summed E-state index contributed by atoms with van der Waals surface area (Å²) >= 11 is 0. The first kappa shape index (κ1) is 8.87. The summed E-state index contributed by atoms with van der Waals surface area (Å²) in [6.07, 6.45) is 1.87. The van der Waals surface area contributed by atoms with Crippen LogP contribution in [0.15, 0.2) is 23.3 Å². The van der Waals surface area contributed by atoms with E-state index in [2.05, 4.69) is 10.5 Å². The summed E-state index contributed by atoms with van der Waals surface area (Å²) in [6.45, 7) is 0.877. The molecule has 1 aromatic rings. The van der Waals surface area contributed by atoms with Gasteiger partial charge in [0.05, 0.1) is 5.71 Å². The highest BCUT2D eigenvalue weighted by Crippen LogP contribution is 2.24. The highest BCUT2D eigenvalue weighted by Gasteiger charge is 2.12. The molecular weight excluding hydrogens is 180 g/mol. The van der Waals surface area contributed by atoms with E-state index in [-0.39, 0.29) is 11.5 Å². The highest BCUT2D eigenvalue weighted by molar-refractivity contribution is 6.03. The maximum atomic E-state index is 9.57. The van der Waals surface area contributed by atoms with Crippen LogP contribution >= 0.6 is 0 Å². The van der Waals surface area contributed by atoms with Crippen molar-refractivity contribution in [1.29, 1.82) is 0 Å².